The van der Waals surface area contributed by atoms with Crippen LogP contribution in [0.3, 0.4) is 0 Å². The number of anilines is 1. The number of hydrogen-bond acceptors (Lipinski definition) is 2. The van der Waals surface area contributed by atoms with E-state index in [4.69, 9.17) is 0 Å². The summed E-state index contributed by atoms with van der Waals surface area (Å²) in [5.74, 6) is -0.743. The quantitative estimate of drug-likeness (QED) is 0.691. The molecular formula is C18H16FIN2O2. The van der Waals surface area contributed by atoms with Gasteiger partial charge < -0.3 is 9.80 Å². The first-order valence-corrected chi connectivity index (χ1v) is 8.65. The summed E-state index contributed by atoms with van der Waals surface area (Å²) in [4.78, 5) is 28.5. The number of para-hydroxylation sites is 1. The van der Waals surface area contributed by atoms with Gasteiger partial charge in [0, 0.05) is 22.8 Å². The zero-order valence-corrected chi connectivity index (χ0v) is 15.2. The van der Waals surface area contributed by atoms with Crippen molar-refractivity contribution in [3.8, 4) is 0 Å². The summed E-state index contributed by atoms with van der Waals surface area (Å²) in [7, 11) is 1.62. The number of likely N-dealkylation sites (N-methyl/N-ethyl adjacent to an activating group) is 1. The van der Waals surface area contributed by atoms with Crippen molar-refractivity contribution in [2.75, 3.05) is 18.5 Å². The molecule has 0 saturated carbocycles. The van der Waals surface area contributed by atoms with Crippen LogP contribution < -0.4 is 4.90 Å². The van der Waals surface area contributed by atoms with Crippen LogP contribution in [0.25, 0.3) is 0 Å². The van der Waals surface area contributed by atoms with E-state index >= 15 is 0 Å². The van der Waals surface area contributed by atoms with Gasteiger partial charge in [-0.25, -0.2) is 4.39 Å². The Morgan fingerprint density at radius 3 is 2.62 bits per heavy atom. The molecule has 1 heterocycles. The average molecular weight is 438 g/mol. The van der Waals surface area contributed by atoms with Gasteiger partial charge in [0.15, 0.2) is 0 Å². The number of carbonyl (C=O) groups excluding carboxylic acids is 2. The molecular weight excluding hydrogens is 422 g/mol. The maximum Gasteiger partial charge on any atom is 0.255 e. The zero-order valence-electron chi connectivity index (χ0n) is 13.1. The van der Waals surface area contributed by atoms with Crippen molar-refractivity contribution in [3.63, 3.8) is 0 Å². The Bertz CT molecular complexity index is 782. The van der Waals surface area contributed by atoms with Gasteiger partial charge in [-0.15, -0.1) is 0 Å². The van der Waals surface area contributed by atoms with E-state index in [1.807, 2.05) is 52.9 Å². The minimum atomic E-state index is -0.501. The van der Waals surface area contributed by atoms with Crippen molar-refractivity contribution in [1.82, 2.24) is 4.90 Å². The molecule has 1 aliphatic rings. The lowest BCUT2D eigenvalue weighted by molar-refractivity contribution is -0.120. The number of halogens is 2. The second-order valence-corrected chi connectivity index (χ2v) is 6.83. The van der Waals surface area contributed by atoms with E-state index in [-0.39, 0.29) is 17.6 Å². The first kappa shape index (κ1) is 16.9. The Balaban J connectivity index is 1.79. The number of rotatable bonds is 3. The van der Waals surface area contributed by atoms with Crippen LogP contribution in [-0.2, 0) is 4.79 Å². The molecule has 4 nitrogen and oxygen atoms in total. The lowest BCUT2D eigenvalue weighted by Crippen LogP contribution is -2.43. The van der Waals surface area contributed by atoms with Crippen LogP contribution in [0.15, 0.2) is 48.5 Å². The SMILES string of the molecule is CN(C(=O)c1ccc(F)cc1I)C1CCN(c2ccccc2)C1=O. The number of nitrogens with zero attached hydrogens (tertiary/aromatic N) is 2. The lowest BCUT2D eigenvalue weighted by Gasteiger charge is -2.24. The average Bonchev–Trinajstić information content (AvgIpc) is 2.96. The molecule has 124 valence electrons. The molecule has 0 bridgehead atoms. The monoisotopic (exact) mass is 438 g/mol. The van der Waals surface area contributed by atoms with Gasteiger partial charge in [0.05, 0.1) is 5.56 Å². The standard InChI is InChI=1S/C18H16FIN2O2/c1-21(17(23)14-8-7-12(19)11-15(14)20)16-9-10-22(18(16)24)13-5-3-2-4-6-13/h2-8,11,16H,9-10H2,1H3. The summed E-state index contributed by atoms with van der Waals surface area (Å²) in [6.45, 7) is 0.575. The fraction of sp³-hybridized carbons (Fsp3) is 0.222. The van der Waals surface area contributed by atoms with Gasteiger partial charge in [-0.05, 0) is 59.3 Å². The summed E-state index contributed by atoms with van der Waals surface area (Å²) < 4.78 is 13.8. The largest absolute Gasteiger partial charge is 0.330 e. The molecule has 0 aromatic heterocycles. The molecule has 2 aromatic rings. The molecule has 0 radical (unpaired) electrons. The fourth-order valence-corrected chi connectivity index (χ4v) is 3.59. The normalized spacial score (nSPS) is 17.2. The van der Waals surface area contributed by atoms with Crippen molar-refractivity contribution < 1.29 is 14.0 Å². The predicted molar refractivity (Wildman–Crippen MR) is 98.4 cm³/mol. The molecule has 6 heteroatoms. The van der Waals surface area contributed by atoms with Gasteiger partial charge in [-0.3, -0.25) is 9.59 Å². The second-order valence-electron chi connectivity index (χ2n) is 5.67. The van der Waals surface area contributed by atoms with E-state index in [2.05, 4.69) is 0 Å². The molecule has 0 aliphatic carbocycles. The van der Waals surface area contributed by atoms with E-state index < -0.39 is 6.04 Å². The first-order valence-electron chi connectivity index (χ1n) is 7.57. The van der Waals surface area contributed by atoms with Gasteiger partial charge in [-0.1, -0.05) is 18.2 Å². The Morgan fingerprint density at radius 1 is 1.25 bits per heavy atom. The third-order valence-corrected chi connectivity index (χ3v) is 5.09. The Morgan fingerprint density at radius 2 is 1.96 bits per heavy atom. The molecule has 1 saturated heterocycles. The predicted octanol–water partition coefficient (Wildman–Crippen LogP) is 3.31. The summed E-state index contributed by atoms with van der Waals surface area (Å²) in [5, 5.41) is 0. The van der Waals surface area contributed by atoms with Crippen LogP contribution in [0.2, 0.25) is 0 Å². The molecule has 2 amide bonds. The van der Waals surface area contributed by atoms with Crippen molar-refractivity contribution in [2.45, 2.75) is 12.5 Å². The van der Waals surface area contributed by atoms with Gasteiger partial charge in [0.2, 0.25) is 5.91 Å². The Hall–Kier alpha value is -1.96. The van der Waals surface area contributed by atoms with E-state index in [0.717, 1.165) is 5.69 Å². The summed E-state index contributed by atoms with van der Waals surface area (Å²) in [5.41, 5.74) is 1.24. The zero-order chi connectivity index (χ0) is 17.3. The van der Waals surface area contributed by atoms with Crippen molar-refractivity contribution in [1.29, 1.82) is 0 Å². The molecule has 1 aliphatic heterocycles. The highest BCUT2D eigenvalue weighted by Crippen LogP contribution is 2.25. The number of hydrogen-bond donors (Lipinski definition) is 0. The number of benzene rings is 2. The number of carbonyl (C=O) groups is 2. The highest BCUT2D eigenvalue weighted by molar-refractivity contribution is 14.1. The first-order chi connectivity index (χ1) is 11.5. The van der Waals surface area contributed by atoms with Crippen LogP contribution in [0.1, 0.15) is 16.8 Å². The van der Waals surface area contributed by atoms with Crippen LogP contribution in [0.5, 0.6) is 0 Å². The molecule has 0 N–H and O–H groups in total. The lowest BCUT2D eigenvalue weighted by atomic mass is 10.1. The summed E-state index contributed by atoms with van der Waals surface area (Å²) in [6.07, 6.45) is 0.577. The molecule has 3 rings (SSSR count). The van der Waals surface area contributed by atoms with Gasteiger partial charge >= 0.3 is 0 Å². The molecule has 2 aromatic carbocycles. The molecule has 0 spiro atoms. The highest BCUT2D eigenvalue weighted by Gasteiger charge is 2.37. The summed E-state index contributed by atoms with van der Waals surface area (Å²) >= 11 is 1.93. The Labute approximate surface area is 153 Å². The Kier molecular flexibility index (Phi) is 4.84. The molecule has 1 atom stereocenters. The van der Waals surface area contributed by atoms with E-state index in [0.29, 0.717) is 22.1 Å². The topological polar surface area (TPSA) is 40.6 Å². The number of amides is 2. The van der Waals surface area contributed by atoms with Gasteiger partial charge in [-0.2, -0.15) is 0 Å². The smallest absolute Gasteiger partial charge is 0.255 e. The van der Waals surface area contributed by atoms with Gasteiger partial charge in [0.25, 0.3) is 5.91 Å². The summed E-state index contributed by atoms with van der Waals surface area (Å²) in [6, 6.07) is 13.0. The van der Waals surface area contributed by atoms with E-state index in [9.17, 15) is 14.0 Å². The van der Waals surface area contributed by atoms with Gasteiger partial charge in [0.1, 0.15) is 11.9 Å². The van der Waals surface area contributed by atoms with E-state index in [1.54, 1.807) is 11.9 Å². The van der Waals surface area contributed by atoms with E-state index in [1.165, 1.54) is 23.1 Å². The minimum absolute atomic E-state index is 0.0887. The minimum Gasteiger partial charge on any atom is -0.330 e. The van der Waals surface area contributed by atoms with Crippen molar-refractivity contribution >= 4 is 40.1 Å². The maximum absolute atomic E-state index is 13.2. The van der Waals surface area contributed by atoms with Crippen LogP contribution >= 0.6 is 22.6 Å². The second kappa shape index (κ2) is 6.88. The van der Waals surface area contributed by atoms with Crippen LogP contribution in [0, 0.1) is 9.39 Å². The maximum atomic E-state index is 13.2. The van der Waals surface area contributed by atoms with Crippen LogP contribution in [0.4, 0.5) is 10.1 Å². The molecule has 1 fully saturated rings. The molecule has 24 heavy (non-hydrogen) atoms. The third-order valence-electron chi connectivity index (χ3n) is 4.19. The highest BCUT2D eigenvalue weighted by atomic mass is 127. The van der Waals surface area contributed by atoms with Crippen LogP contribution in [-0.4, -0.2) is 36.3 Å². The third kappa shape index (κ3) is 3.15. The van der Waals surface area contributed by atoms with Crippen molar-refractivity contribution in [3.05, 3.63) is 63.5 Å². The fourth-order valence-electron chi connectivity index (χ4n) is 2.88. The molecule has 1 unspecified atom stereocenters. The van der Waals surface area contributed by atoms with Crippen molar-refractivity contribution in [2.24, 2.45) is 0 Å².